The van der Waals surface area contributed by atoms with E-state index in [4.69, 9.17) is 4.74 Å². The van der Waals surface area contributed by atoms with Crippen LogP contribution < -0.4 is 10.1 Å². The Morgan fingerprint density at radius 2 is 1.90 bits per heavy atom. The summed E-state index contributed by atoms with van der Waals surface area (Å²) < 4.78 is 5.45. The van der Waals surface area contributed by atoms with E-state index in [0.717, 1.165) is 38.0 Å². The summed E-state index contributed by atoms with van der Waals surface area (Å²) >= 11 is 0. The molecule has 21 heavy (non-hydrogen) atoms. The van der Waals surface area contributed by atoms with Crippen molar-refractivity contribution in [2.24, 2.45) is 5.41 Å². The molecule has 1 fully saturated rings. The zero-order valence-electron chi connectivity index (χ0n) is 13.6. The molecule has 0 aliphatic heterocycles. The van der Waals surface area contributed by atoms with Crippen molar-refractivity contribution in [1.82, 2.24) is 5.32 Å². The van der Waals surface area contributed by atoms with Gasteiger partial charge in [0.1, 0.15) is 5.75 Å². The van der Waals surface area contributed by atoms with Gasteiger partial charge in [0, 0.05) is 24.6 Å². The molecular weight excluding hydrogens is 262 g/mol. The van der Waals surface area contributed by atoms with Gasteiger partial charge in [0.2, 0.25) is 0 Å². The van der Waals surface area contributed by atoms with Crippen LogP contribution in [0.4, 0.5) is 0 Å². The standard InChI is InChI=1S/C18H29NO2/c1-4-18(5-2,13-20)12-19-15-10-14(11-15)16-8-6-7-9-17(16)21-3/h6-9,14-15,19-20H,4-5,10-13H2,1-3H3. The van der Waals surface area contributed by atoms with E-state index in [2.05, 4.69) is 31.3 Å². The highest BCUT2D eigenvalue weighted by molar-refractivity contribution is 5.37. The largest absolute Gasteiger partial charge is 0.496 e. The van der Waals surface area contributed by atoms with Crippen LogP contribution in [0.5, 0.6) is 5.75 Å². The van der Waals surface area contributed by atoms with E-state index in [9.17, 15) is 5.11 Å². The van der Waals surface area contributed by atoms with Gasteiger partial charge in [-0.15, -0.1) is 0 Å². The van der Waals surface area contributed by atoms with Crippen LogP contribution in [0.25, 0.3) is 0 Å². The van der Waals surface area contributed by atoms with Gasteiger partial charge in [0.25, 0.3) is 0 Å². The van der Waals surface area contributed by atoms with Crippen LogP contribution in [0.1, 0.15) is 51.0 Å². The summed E-state index contributed by atoms with van der Waals surface area (Å²) in [6.07, 6.45) is 4.37. The smallest absolute Gasteiger partial charge is 0.122 e. The number of methoxy groups -OCH3 is 1. The van der Waals surface area contributed by atoms with Crippen molar-refractivity contribution < 1.29 is 9.84 Å². The highest BCUT2D eigenvalue weighted by Gasteiger charge is 2.34. The molecule has 1 aromatic carbocycles. The summed E-state index contributed by atoms with van der Waals surface area (Å²) in [7, 11) is 1.74. The molecule has 0 atom stereocenters. The molecule has 2 N–H and O–H groups in total. The van der Waals surface area contributed by atoms with Gasteiger partial charge in [-0.2, -0.15) is 0 Å². The summed E-state index contributed by atoms with van der Waals surface area (Å²) in [6, 6.07) is 8.90. The average Bonchev–Trinajstić information content (AvgIpc) is 2.50. The van der Waals surface area contributed by atoms with E-state index in [1.54, 1.807) is 7.11 Å². The molecule has 0 bridgehead atoms. The second-order valence-electron chi connectivity index (χ2n) is 6.35. The zero-order valence-corrected chi connectivity index (χ0v) is 13.6. The number of rotatable bonds is 8. The van der Waals surface area contributed by atoms with Crippen molar-refractivity contribution in [1.29, 1.82) is 0 Å². The van der Waals surface area contributed by atoms with Crippen molar-refractivity contribution in [3.05, 3.63) is 29.8 Å². The molecular formula is C18H29NO2. The Kier molecular flexibility index (Phi) is 5.65. The lowest BCUT2D eigenvalue weighted by Crippen LogP contribution is -2.46. The zero-order chi connectivity index (χ0) is 15.3. The maximum Gasteiger partial charge on any atom is 0.122 e. The summed E-state index contributed by atoms with van der Waals surface area (Å²) in [6.45, 7) is 5.52. The summed E-state index contributed by atoms with van der Waals surface area (Å²) in [5.74, 6) is 1.61. The maximum atomic E-state index is 9.62. The molecule has 0 unspecified atom stereocenters. The Hall–Kier alpha value is -1.06. The minimum absolute atomic E-state index is 0.0511. The molecule has 1 aliphatic rings. The number of hydrogen-bond acceptors (Lipinski definition) is 3. The lowest BCUT2D eigenvalue weighted by Gasteiger charge is -2.40. The first-order chi connectivity index (χ1) is 10.2. The molecule has 118 valence electrons. The second kappa shape index (κ2) is 7.28. The van der Waals surface area contributed by atoms with Crippen LogP contribution in [-0.2, 0) is 0 Å². The SMILES string of the molecule is CCC(CC)(CO)CNC1CC(c2ccccc2OC)C1. The molecule has 2 rings (SSSR count). The van der Waals surface area contributed by atoms with Crippen molar-refractivity contribution in [2.75, 3.05) is 20.3 Å². The molecule has 0 radical (unpaired) electrons. The average molecular weight is 291 g/mol. The van der Waals surface area contributed by atoms with Crippen LogP contribution >= 0.6 is 0 Å². The van der Waals surface area contributed by atoms with E-state index >= 15 is 0 Å². The Morgan fingerprint density at radius 3 is 2.48 bits per heavy atom. The number of aliphatic hydroxyl groups is 1. The van der Waals surface area contributed by atoms with Gasteiger partial charge in [-0.25, -0.2) is 0 Å². The van der Waals surface area contributed by atoms with Gasteiger partial charge < -0.3 is 15.2 Å². The Labute approximate surface area is 128 Å². The molecule has 3 nitrogen and oxygen atoms in total. The third-order valence-electron chi connectivity index (χ3n) is 5.32. The number of hydrogen-bond donors (Lipinski definition) is 2. The van der Waals surface area contributed by atoms with E-state index < -0.39 is 0 Å². The number of benzene rings is 1. The minimum atomic E-state index is 0.0511. The number of para-hydroxylation sites is 1. The van der Waals surface area contributed by atoms with Gasteiger partial charge in [0.05, 0.1) is 7.11 Å². The number of nitrogens with one attached hydrogen (secondary N) is 1. The van der Waals surface area contributed by atoms with Crippen molar-refractivity contribution in [3.63, 3.8) is 0 Å². The molecule has 1 saturated carbocycles. The van der Waals surface area contributed by atoms with Crippen molar-refractivity contribution >= 4 is 0 Å². The number of aliphatic hydroxyl groups excluding tert-OH is 1. The van der Waals surface area contributed by atoms with Crippen LogP contribution in [0.3, 0.4) is 0 Å². The van der Waals surface area contributed by atoms with E-state index in [1.807, 2.05) is 12.1 Å². The third-order valence-corrected chi connectivity index (χ3v) is 5.32. The second-order valence-corrected chi connectivity index (χ2v) is 6.35. The molecule has 3 heteroatoms. The molecule has 0 amide bonds. The molecule has 0 heterocycles. The summed E-state index contributed by atoms with van der Waals surface area (Å²) in [5, 5.41) is 13.3. The first kappa shape index (κ1) is 16.3. The topological polar surface area (TPSA) is 41.5 Å². The first-order valence-corrected chi connectivity index (χ1v) is 8.15. The highest BCUT2D eigenvalue weighted by atomic mass is 16.5. The third kappa shape index (κ3) is 3.58. The lowest BCUT2D eigenvalue weighted by molar-refractivity contribution is 0.103. The minimum Gasteiger partial charge on any atom is -0.496 e. The normalized spacial score (nSPS) is 21.9. The number of ether oxygens (including phenoxy) is 1. The van der Waals surface area contributed by atoms with E-state index in [0.29, 0.717) is 12.0 Å². The van der Waals surface area contributed by atoms with Crippen LogP contribution in [0, 0.1) is 5.41 Å². The van der Waals surface area contributed by atoms with Crippen LogP contribution in [0.2, 0.25) is 0 Å². The molecule has 0 spiro atoms. The quantitative estimate of drug-likeness (QED) is 0.772. The maximum absolute atomic E-state index is 9.62. The van der Waals surface area contributed by atoms with Gasteiger partial charge in [-0.1, -0.05) is 32.0 Å². The van der Waals surface area contributed by atoms with Crippen molar-refractivity contribution in [2.45, 2.75) is 51.5 Å². The first-order valence-electron chi connectivity index (χ1n) is 8.15. The van der Waals surface area contributed by atoms with E-state index in [1.165, 1.54) is 5.56 Å². The Bertz CT molecular complexity index is 428. The fourth-order valence-corrected chi connectivity index (χ4v) is 3.18. The van der Waals surface area contributed by atoms with Gasteiger partial charge in [-0.3, -0.25) is 0 Å². The molecule has 0 aromatic heterocycles. The highest BCUT2D eigenvalue weighted by Crippen LogP contribution is 2.41. The monoisotopic (exact) mass is 291 g/mol. The summed E-state index contributed by atoms with van der Waals surface area (Å²) in [4.78, 5) is 0. The van der Waals surface area contributed by atoms with Gasteiger partial charge in [-0.05, 0) is 43.2 Å². The van der Waals surface area contributed by atoms with Crippen LogP contribution in [0.15, 0.2) is 24.3 Å². The lowest BCUT2D eigenvalue weighted by atomic mass is 9.74. The Balaban J connectivity index is 1.84. The van der Waals surface area contributed by atoms with Crippen molar-refractivity contribution in [3.8, 4) is 5.75 Å². The molecule has 1 aromatic rings. The fourth-order valence-electron chi connectivity index (χ4n) is 3.18. The van der Waals surface area contributed by atoms with Gasteiger partial charge >= 0.3 is 0 Å². The predicted molar refractivity (Wildman–Crippen MR) is 86.9 cm³/mol. The molecule has 1 aliphatic carbocycles. The predicted octanol–water partition coefficient (Wildman–Crippen LogP) is 3.33. The molecule has 0 saturated heterocycles. The fraction of sp³-hybridized carbons (Fsp3) is 0.667. The van der Waals surface area contributed by atoms with Crippen LogP contribution in [-0.4, -0.2) is 31.4 Å². The van der Waals surface area contributed by atoms with E-state index in [-0.39, 0.29) is 12.0 Å². The Morgan fingerprint density at radius 1 is 1.24 bits per heavy atom. The van der Waals surface area contributed by atoms with Gasteiger partial charge in [0.15, 0.2) is 0 Å². The summed E-state index contributed by atoms with van der Waals surface area (Å²) in [5.41, 5.74) is 1.38.